The predicted octanol–water partition coefficient (Wildman–Crippen LogP) is -6.24. The third-order valence-electron chi connectivity index (χ3n) is 15.3. The van der Waals surface area contributed by atoms with E-state index >= 15 is 0 Å². The lowest BCUT2D eigenvalue weighted by atomic mass is 10.0. The van der Waals surface area contributed by atoms with Gasteiger partial charge in [0.1, 0.15) is 54.1 Å². The van der Waals surface area contributed by atoms with Crippen LogP contribution in [0.25, 0.3) is 0 Å². The molecule has 3 rings (SSSR count). The summed E-state index contributed by atoms with van der Waals surface area (Å²) in [5.41, 5.74) is 40.5. The second kappa shape index (κ2) is 44.4. The van der Waals surface area contributed by atoms with Gasteiger partial charge in [0.2, 0.25) is 65.0 Å². The molecule has 0 aromatic heterocycles. The highest BCUT2D eigenvalue weighted by Gasteiger charge is 2.40. The number of aromatic hydroxyl groups is 1. The Hall–Kier alpha value is -10.5. The van der Waals surface area contributed by atoms with Crippen molar-refractivity contribution in [3.8, 4) is 5.75 Å². The van der Waals surface area contributed by atoms with Gasteiger partial charge in [-0.15, -0.1) is 0 Å². The molecule has 0 radical (unpaired) electrons. The number of amides is 11. The average molecular weight is 1420 g/mol. The fourth-order valence-electron chi connectivity index (χ4n) is 10.1. The van der Waals surface area contributed by atoms with E-state index in [2.05, 4.69) is 68.1 Å². The number of benzene rings is 2. The number of carboxylic acid groups (broad SMARTS) is 2. The maximum atomic E-state index is 14.6. The number of nitrogens with zero attached hydrogens (tertiary/aromatic N) is 4. The van der Waals surface area contributed by atoms with E-state index < -0.39 is 170 Å². The molecule has 2 aromatic rings. The van der Waals surface area contributed by atoms with Gasteiger partial charge in [-0.05, 0) is 112 Å². The van der Waals surface area contributed by atoms with E-state index in [9.17, 15) is 72.5 Å². The first-order valence-electron chi connectivity index (χ1n) is 32.3. The number of carboxylic acids is 2. The molecule has 0 spiro atoms. The number of aliphatic carboxylic acids is 2. The number of guanidine groups is 3. The zero-order valence-corrected chi connectivity index (χ0v) is 57.0. The lowest BCUT2D eigenvalue weighted by Crippen LogP contribution is -2.60. The van der Waals surface area contributed by atoms with Crippen molar-refractivity contribution in [1.29, 1.82) is 0 Å². The van der Waals surface area contributed by atoms with Crippen molar-refractivity contribution in [1.82, 2.24) is 58.1 Å². The second-order valence-corrected chi connectivity index (χ2v) is 24.7. The monoisotopic (exact) mass is 1420 g/mol. The van der Waals surface area contributed by atoms with E-state index in [0.29, 0.717) is 23.3 Å². The summed E-state index contributed by atoms with van der Waals surface area (Å²) in [6.45, 7) is 1.23. The minimum atomic E-state index is -1.58. The van der Waals surface area contributed by atoms with Crippen LogP contribution in [0.2, 0.25) is 0 Å². The number of nitrogens with two attached hydrogens (primary N) is 7. The zero-order valence-electron chi connectivity index (χ0n) is 56.2. The number of rotatable bonds is 45. The Morgan fingerprint density at radius 1 is 0.530 bits per heavy atom. The Morgan fingerprint density at radius 3 is 1.51 bits per heavy atom. The summed E-state index contributed by atoms with van der Waals surface area (Å²) in [6.07, 6.45) is 1.11. The number of phenolic OH excluding ortho intramolecular Hbond substituents is 1. The molecule has 0 bridgehead atoms. The molecule has 1 aliphatic rings. The number of thioether (sulfide) groups is 1. The van der Waals surface area contributed by atoms with Crippen LogP contribution < -0.4 is 93.3 Å². The van der Waals surface area contributed by atoms with Crippen molar-refractivity contribution >= 4 is 107 Å². The maximum Gasteiger partial charge on any atom is 0.326 e. The Kier molecular flexibility index (Phi) is 37.2. The maximum absolute atomic E-state index is 14.6. The molecule has 38 heteroatoms. The average Bonchev–Trinajstić information content (AvgIpc) is 1.65. The van der Waals surface area contributed by atoms with E-state index in [-0.39, 0.29) is 114 Å². The van der Waals surface area contributed by atoms with Gasteiger partial charge in [0, 0.05) is 39.0 Å². The van der Waals surface area contributed by atoms with Crippen molar-refractivity contribution in [3.05, 3.63) is 65.7 Å². The SMILES string of the molecule is CSCC[C@H](NC(=O)[C@H](Cc1ccccc1)NC(=O)CNC(=O)CNC(=O)[C@@H](N)Cc1ccc(O)cc1)C(=O)N[C@@H](CCCN=C(N)N)C(=O)N[C@@H](CCCN=C(N)N)C(=O)N[C@H](C(=O)NCC(=O)N[C@@H](CCCN=C(N)N)C(=O)N1CCC[C@@H]1C(=O)N[C@@H](CCC(=O)O)C(=O)O)C(C)C. The smallest absolute Gasteiger partial charge is 0.326 e. The normalized spacial score (nSPS) is 14.8. The van der Waals surface area contributed by atoms with Gasteiger partial charge < -0.3 is 114 Å². The summed E-state index contributed by atoms with van der Waals surface area (Å²) < 4.78 is 0. The van der Waals surface area contributed by atoms with Crippen LogP contribution >= 0.6 is 11.8 Å². The van der Waals surface area contributed by atoms with Gasteiger partial charge in [-0.3, -0.25) is 72.5 Å². The number of nitrogens with one attached hydrogen (secondary N) is 10. The quantitative estimate of drug-likeness (QED) is 0.0167. The number of carbonyl (C=O) groups is 13. The fraction of sp³-hybridized carbons (Fsp3) is 0.548. The van der Waals surface area contributed by atoms with Crippen molar-refractivity contribution in [2.75, 3.05) is 57.8 Å². The number of hydrogen-bond acceptors (Lipinski definition) is 19. The predicted molar refractivity (Wildman–Crippen MR) is 369 cm³/mol. The standard InChI is InChI=1S/C62H97N21O16S/c1-34(2)50(57(96)75-33-48(87)76-42(15-9-26-72-62(68)69)58(97)83-27-10-16-45(83)56(95)81-43(59(98)99)21-22-49(88)89)82-54(93)40(14-8-25-71-61(66)67)79-52(91)39(13-7-24-70-60(64)65)78-53(92)41(23-28-100-3)80-55(94)44(30-35-11-5-4-6-12-35)77-47(86)32-73-46(85)31-74-51(90)38(63)29-36-17-19-37(84)20-18-36/h4-6,11-12,17-20,34,38-45,50,84H,7-10,13-16,21-33,63H2,1-3H3,(H,73,85)(H,74,90)(H,75,96)(H,76,87)(H,77,86)(H,78,92)(H,79,91)(H,80,94)(H,81,95)(H,82,93)(H,88,89)(H,98,99)(H4,64,65,70)(H4,66,67,71)(H4,68,69,72)/t38-,39-,40-,41-,42-,43-,44-,45+,50-/m0/s1. The number of hydrogen-bond donors (Lipinski definition) is 20. The van der Waals surface area contributed by atoms with E-state index in [4.69, 9.17) is 45.2 Å². The molecule has 100 heavy (non-hydrogen) atoms. The summed E-state index contributed by atoms with van der Waals surface area (Å²) in [6, 6.07) is 2.45. The zero-order chi connectivity index (χ0) is 74.4. The van der Waals surface area contributed by atoms with Crippen LogP contribution in [-0.2, 0) is 75.2 Å². The Bertz CT molecular complexity index is 3190. The largest absolute Gasteiger partial charge is 0.508 e. The van der Waals surface area contributed by atoms with Gasteiger partial charge in [0.15, 0.2) is 17.9 Å². The molecule has 1 heterocycles. The molecule has 0 unspecified atom stereocenters. The summed E-state index contributed by atoms with van der Waals surface area (Å²) in [4.78, 5) is 188. The van der Waals surface area contributed by atoms with Gasteiger partial charge in [-0.25, -0.2) is 4.79 Å². The molecule has 1 aliphatic heterocycles. The highest BCUT2D eigenvalue weighted by atomic mass is 32.2. The molecule has 9 atom stereocenters. The second-order valence-electron chi connectivity index (χ2n) is 23.7. The van der Waals surface area contributed by atoms with Crippen LogP contribution in [0, 0.1) is 5.92 Å². The lowest BCUT2D eigenvalue weighted by Gasteiger charge is -2.29. The summed E-state index contributed by atoms with van der Waals surface area (Å²) >= 11 is 1.33. The molecule has 37 nitrogen and oxygen atoms in total. The van der Waals surface area contributed by atoms with Crippen molar-refractivity contribution in [2.24, 2.45) is 61.0 Å². The Morgan fingerprint density at radius 2 is 1.00 bits per heavy atom. The lowest BCUT2D eigenvalue weighted by molar-refractivity contribution is -0.145. The molecule has 0 aliphatic carbocycles. The molecule has 11 amide bonds. The first-order valence-corrected chi connectivity index (χ1v) is 33.7. The van der Waals surface area contributed by atoms with E-state index in [1.54, 1.807) is 62.6 Å². The third-order valence-corrected chi connectivity index (χ3v) is 15.9. The molecular weight excluding hydrogens is 1330 g/mol. The van der Waals surface area contributed by atoms with Crippen LogP contribution in [0.5, 0.6) is 5.75 Å². The first-order chi connectivity index (χ1) is 47.4. The van der Waals surface area contributed by atoms with E-state index in [0.717, 1.165) is 4.90 Å². The van der Waals surface area contributed by atoms with Crippen LogP contribution in [-0.4, -0.2) is 227 Å². The molecule has 2 aromatic carbocycles. The van der Waals surface area contributed by atoms with Crippen LogP contribution in [0.4, 0.5) is 0 Å². The highest BCUT2D eigenvalue weighted by molar-refractivity contribution is 7.98. The van der Waals surface area contributed by atoms with Gasteiger partial charge in [0.25, 0.3) is 0 Å². The van der Waals surface area contributed by atoms with E-state index in [1.807, 2.05) is 0 Å². The topological polar surface area (TPSA) is 625 Å². The summed E-state index contributed by atoms with van der Waals surface area (Å²) in [5.74, 6) is -13.0. The van der Waals surface area contributed by atoms with Gasteiger partial charge >= 0.3 is 11.9 Å². The van der Waals surface area contributed by atoms with Crippen LogP contribution in [0.1, 0.15) is 95.6 Å². The van der Waals surface area contributed by atoms with Crippen molar-refractivity contribution in [2.45, 2.75) is 152 Å². The Balaban J connectivity index is 1.84. The van der Waals surface area contributed by atoms with E-state index in [1.165, 1.54) is 23.9 Å². The molecule has 1 fully saturated rings. The highest BCUT2D eigenvalue weighted by Crippen LogP contribution is 2.21. The third kappa shape index (κ3) is 32.2. The number of phenols is 1. The Labute approximate surface area is 582 Å². The van der Waals surface area contributed by atoms with Crippen LogP contribution in [0.15, 0.2) is 69.6 Å². The van der Waals surface area contributed by atoms with Gasteiger partial charge in [0.05, 0.1) is 25.7 Å². The molecule has 1 saturated heterocycles. The molecule has 27 N–H and O–H groups in total. The number of carbonyl (C=O) groups excluding carboxylic acids is 11. The van der Waals surface area contributed by atoms with Gasteiger partial charge in [-0.2, -0.15) is 11.8 Å². The molecular formula is C62H97N21O16S. The van der Waals surface area contributed by atoms with Gasteiger partial charge in [-0.1, -0.05) is 56.3 Å². The number of likely N-dealkylation sites (tertiary alicyclic amines) is 1. The minimum Gasteiger partial charge on any atom is -0.508 e. The van der Waals surface area contributed by atoms with Crippen molar-refractivity contribution < 1.29 is 77.6 Å². The molecule has 552 valence electrons. The molecule has 0 saturated carbocycles. The minimum absolute atomic E-state index is 0.0000752. The summed E-state index contributed by atoms with van der Waals surface area (Å²) in [7, 11) is 0. The van der Waals surface area contributed by atoms with Crippen LogP contribution in [0.3, 0.4) is 0 Å². The number of aliphatic imine (C=N–C) groups is 3. The first kappa shape index (κ1) is 83.7. The van der Waals surface area contributed by atoms with Crippen molar-refractivity contribution in [3.63, 3.8) is 0 Å². The fourth-order valence-corrected chi connectivity index (χ4v) is 10.5. The summed E-state index contributed by atoms with van der Waals surface area (Å²) in [5, 5.41) is 53.7.